The van der Waals surface area contributed by atoms with Gasteiger partial charge in [-0.3, -0.25) is 4.79 Å². The van der Waals surface area contributed by atoms with Gasteiger partial charge in [0.25, 0.3) is 5.56 Å². The zero-order chi connectivity index (χ0) is 14.7. The Morgan fingerprint density at radius 3 is 2.90 bits per heavy atom. The molecule has 0 bridgehead atoms. The smallest absolute Gasteiger partial charge is 0.281 e. The van der Waals surface area contributed by atoms with Gasteiger partial charge in [0.15, 0.2) is 11.1 Å². The van der Waals surface area contributed by atoms with Crippen LogP contribution in [0.25, 0.3) is 22.0 Å². The van der Waals surface area contributed by atoms with Gasteiger partial charge in [-0.05, 0) is 37.5 Å². The lowest BCUT2D eigenvalue weighted by Crippen LogP contribution is -2.20. The minimum absolute atomic E-state index is 0.0790. The maximum absolute atomic E-state index is 12.8. The Bertz CT molecular complexity index is 938. The average Bonchev–Trinajstić information content (AvgIpc) is 3.21. The highest BCUT2D eigenvalue weighted by Gasteiger charge is 2.29. The minimum Gasteiger partial charge on any atom is -0.438 e. The molecular formula is C15H14BrN3O2. The molecule has 21 heavy (non-hydrogen) atoms. The first-order chi connectivity index (χ1) is 10.1. The van der Waals surface area contributed by atoms with Crippen LogP contribution in [-0.2, 0) is 6.54 Å². The quantitative estimate of drug-likeness (QED) is 0.773. The van der Waals surface area contributed by atoms with Gasteiger partial charge in [0.05, 0.1) is 12.1 Å². The molecule has 1 fully saturated rings. The number of fused-ring (bicyclic) bond motifs is 3. The van der Waals surface area contributed by atoms with Crippen LogP contribution in [0.2, 0.25) is 0 Å². The molecule has 4 rings (SSSR count). The predicted octanol–water partition coefficient (Wildman–Crippen LogP) is 3.01. The van der Waals surface area contributed by atoms with Crippen molar-refractivity contribution in [1.29, 1.82) is 0 Å². The number of pyridine rings is 1. The average molecular weight is 348 g/mol. The van der Waals surface area contributed by atoms with Crippen LogP contribution in [0, 0.1) is 6.92 Å². The lowest BCUT2D eigenvalue weighted by molar-refractivity contribution is 0.535. The van der Waals surface area contributed by atoms with Crippen LogP contribution < -0.4 is 11.3 Å². The number of oxazole rings is 1. The summed E-state index contributed by atoms with van der Waals surface area (Å²) in [6.45, 7) is 2.20. The summed E-state index contributed by atoms with van der Waals surface area (Å²) in [5.41, 5.74) is 8.43. The number of aromatic nitrogens is 2. The molecule has 2 heterocycles. The van der Waals surface area contributed by atoms with E-state index in [0.717, 1.165) is 33.8 Å². The topological polar surface area (TPSA) is 74.1 Å². The highest BCUT2D eigenvalue weighted by Crippen LogP contribution is 2.39. The monoisotopic (exact) mass is 347 g/mol. The summed E-state index contributed by atoms with van der Waals surface area (Å²) in [6, 6.07) is 4.22. The van der Waals surface area contributed by atoms with Crippen LogP contribution in [0.3, 0.4) is 0 Å². The molecule has 0 saturated heterocycles. The van der Waals surface area contributed by atoms with E-state index >= 15 is 0 Å². The van der Waals surface area contributed by atoms with Crippen molar-refractivity contribution in [1.82, 2.24) is 9.55 Å². The second-order valence-corrected chi connectivity index (χ2v) is 6.32. The lowest BCUT2D eigenvalue weighted by atomic mass is 10.1. The summed E-state index contributed by atoms with van der Waals surface area (Å²) in [7, 11) is 0. The van der Waals surface area contributed by atoms with E-state index in [9.17, 15) is 4.79 Å². The van der Waals surface area contributed by atoms with Crippen molar-refractivity contribution in [2.45, 2.75) is 32.4 Å². The number of hydrogen-bond acceptors (Lipinski definition) is 4. The van der Waals surface area contributed by atoms with Crippen LogP contribution in [-0.4, -0.2) is 9.55 Å². The Morgan fingerprint density at radius 1 is 1.48 bits per heavy atom. The summed E-state index contributed by atoms with van der Waals surface area (Å²) >= 11 is 3.55. The van der Waals surface area contributed by atoms with Gasteiger partial charge in [-0.1, -0.05) is 15.9 Å². The van der Waals surface area contributed by atoms with Crippen LogP contribution in [0.1, 0.15) is 30.3 Å². The van der Waals surface area contributed by atoms with E-state index in [0.29, 0.717) is 17.0 Å². The molecule has 0 radical (unpaired) electrons. The number of nitrogens with zero attached hydrogens (tertiary/aromatic N) is 2. The van der Waals surface area contributed by atoms with Crippen molar-refractivity contribution in [2.75, 3.05) is 0 Å². The van der Waals surface area contributed by atoms with E-state index in [1.165, 1.54) is 0 Å². The number of aryl methyl sites for hydroxylation is 1. The van der Waals surface area contributed by atoms with Crippen molar-refractivity contribution in [3.05, 3.63) is 38.4 Å². The first-order valence-corrected chi connectivity index (χ1v) is 7.74. The van der Waals surface area contributed by atoms with Crippen LogP contribution in [0.5, 0.6) is 0 Å². The van der Waals surface area contributed by atoms with Crippen molar-refractivity contribution < 1.29 is 4.42 Å². The second-order valence-electron chi connectivity index (χ2n) is 5.46. The molecule has 0 atom stereocenters. The molecule has 108 valence electrons. The van der Waals surface area contributed by atoms with Crippen molar-refractivity contribution in [2.24, 2.45) is 5.73 Å². The van der Waals surface area contributed by atoms with Gasteiger partial charge >= 0.3 is 0 Å². The van der Waals surface area contributed by atoms with Crippen molar-refractivity contribution >= 4 is 37.9 Å². The number of halogens is 1. The summed E-state index contributed by atoms with van der Waals surface area (Å²) in [5.74, 6) is 0.400. The Kier molecular flexibility index (Phi) is 2.74. The number of nitrogens with two attached hydrogens (primary N) is 1. The van der Waals surface area contributed by atoms with Gasteiger partial charge in [-0.25, -0.2) is 4.98 Å². The highest BCUT2D eigenvalue weighted by molar-refractivity contribution is 9.10. The summed E-state index contributed by atoms with van der Waals surface area (Å²) in [4.78, 5) is 17.1. The maximum atomic E-state index is 12.8. The standard InChI is InChI=1S/C15H14BrN3O2/c1-7-10(16)5-4-9-13(7)19(8-2-3-8)15(20)12-14(9)21-11(6-17)18-12/h4-5,8H,2-3,6,17H2,1H3. The molecule has 5 nitrogen and oxygen atoms in total. The Morgan fingerprint density at radius 2 is 2.24 bits per heavy atom. The van der Waals surface area contributed by atoms with Crippen LogP contribution in [0.15, 0.2) is 25.8 Å². The Balaban J connectivity index is 2.27. The molecule has 0 aliphatic heterocycles. The van der Waals surface area contributed by atoms with Gasteiger partial charge < -0.3 is 14.7 Å². The molecule has 3 aromatic rings. The molecule has 1 aromatic carbocycles. The third kappa shape index (κ3) is 1.79. The lowest BCUT2D eigenvalue weighted by Gasteiger charge is -2.12. The fourth-order valence-corrected chi connectivity index (χ4v) is 3.17. The van der Waals surface area contributed by atoms with E-state index in [2.05, 4.69) is 20.9 Å². The SMILES string of the molecule is Cc1c(Br)ccc2c3oc(CN)nc3c(=O)n(C3CC3)c12. The number of hydrogen-bond donors (Lipinski definition) is 1. The number of benzene rings is 1. The van der Waals surface area contributed by atoms with Gasteiger partial charge in [-0.15, -0.1) is 0 Å². The maximum Gasteiger partial charge on any atom is 0.281 e. The number of rotatable bonds is 2. The highest BCUT2D eigenvalue weighted by atomic mass is 79.9. The molecule has 1 saturated carbocycles. The van der Waals surface area contributed by atoms with E-state index in [1.807, 2.05) is 23.6 Å². The van der Waals surface area contributed by atoms with Gasteiger partial charge in [0.1, 0.15) is 0 Å². The third-order valence-electron chi connectivity index (χ3n) is 4.03. The van der Waals surface area contributed by atoms with E-state index in [4.69, 9.17) is 10.2 Å². The summed E-state index contributed by atoms with van der Waals surface area (Å²) in [6.07, 6.45) is 2.07. The Hall–Kier alpha value is -1.66. The fraction of sp³-hybridized carbons (Fsp3) is 0.333. The molecule has 1 aliphatic carbocycles. The summed E-state index contributed by atoms with van der Waals surface area (Å²) < 4.78 is 8.56. The first-order valence-electron chi connectivity index (χ1n) is 6.94. The molecule has 0 amide bonds. The molecule has 0 spiro atoms. The minimum atomic E-state index is -0.0790. The normalized spacial score (nSPS) is 15.2. The summed E-state index contributed by atoms with van der Waals surface area (Å²) in [5, 5.41) is 0.921. The van der Waals surface area contributed by atoms with Crippen molar-refractivity contribution in [3.63, 3.8) is 0 Å². The van der Waals surface area contributed by atoms with E-state index in [1.54, 1.807) is 0 Å². The largest absolute Gasteiger partial charge is 0.438 e. The molecule has 2 aromatic heterocycles. The van der Waals surface area contributed by atoms with E-state index < -0.39 is 0 Å². The zero-order valence-corrected chi connectivity index (χ0v) is 13.1. The molecule has 1 aliphatic rings. The predicted molar refractivity (Wildman–Crippen MR) is 84.4 cm³/mol. The third-order valence-corrected chi connectivity index (χ3v) is 4.89. The second kappa shape index (κ2) is 4.42. The fourth-order valence-electron chi connectivity index (χ4n) is 2.85. The van der Waals surface area contributed by atoms with Gasteiger partial charge in [-0.2, -0.15) is 0 Å². The van der Waals surface area contributed by atoms with Gasteiger partial charge in [0.2, 0.25) is 5.89 Å². The molecular weight excluding hydrogens is 334 g/mol. The zero-order valence-electron chi connectivity index (χ0n) is 11.5. The Labute approximate surface area is 128 Å². The van der Waals surface area contributed by atoms with Crippen molar-refractivity contribution in [3.8, 4) is 0 Å². The van der Waals surface area contributed by atoms with Gasteiger partial charge in [0, 0.05) is 15.9 Å². The molecule has 0 unspecified atom stereocenters. The van der Waals surface area contributed by atoms with E-state index in [-0.39, 0.29) is 18.1 Å². The first kappa shape index (κ1) is 13.0. The molecule has 2 N–H and O–H groups in total. The van der Waals surface area contributed by atoms with Crippen LogP contribution >= 0.6 is 15.9 Å². The molecule has 6 heteroatoms. The van der Waals surface area contributed by atoms with Crippen LogP contribution in [0.4, 0.5) is 0 Å².